The first-order valence-electron chi connectivity index (χ1n) is 6.04. The van der Waals surface area contributed by atoms with Crippen LogP contribution < -0.4 is 10.2 Å². The summed E-state index contributed by atoms with van der Waals surface area (Å²) in [5.74, 6) is 0.864. The van der Waals surface area contributed by atoms with Crippen LogP contribution in [0.5, 0.6) is 5.75 Å². The van der Waals surface area contributed by atoms with Crippen molar-refractivity contribution >= 4 is 57.3 Å². The van der Waals surface area contributed by atoms with E-state index in [9.17, 15) is 4.79 Å². The molecule has 0 aromatic heterocycles. The average Bonchev–Trinajstić information content (AvgIpc) is 2.34. The third-order valence-corrected chi connectivity index (χ3v) is 4.66. The van der Waals surface area contributed by atoms with Gasteiger partial charge in [0, 0.05) is 5.92 Å². The number of allylic oxidation sites excluding steroid dienone is 1. The van der Waals surface area contributed by atoms with E-state index in [-0.39, 0.29) is 11.8 Å². The Balaban J connectivity index is 1.97. The van der Waals surface area contributed by atoms with E-state index in [1.54, 1.807) is 13.3 Å². The molecule has 0 heterocycles. The number of methoxy groups -OCH3 is 1. The lowest BCUT2D eigenvalue weighted by Gasteiger charge is -2.25. The van der Waals surface area contributed by atoms with E-state index in [4.69, 9.17) is 4.74 Å². The zero-order valence-corrected chi connectivity index (χ0v) is 15.3. The number of nitrogens with one attached hydrogen (secondary N) is 1. The largest absolute Gasteiger partial charge is 0.495 e. The van der Waals surface area contributed by atoms with Crippen LogP contribution in [-0.4, -0.2) is 19.2 Å². The molecule has 20 heavy (non-hydrogen) atoms. The Labute approximate surface area is 145 Å². The number of hydrazone groups is 1. The quantitative estimate of drug-likeness (QED) is 0.301. The van der Waals surface area contributed by atoms with Gasteiger partial charge in [-0.3, -0.25) is 4.79 Å². The third-order valence-electron chi connectivity index (χ3n) is 3.05. The number of nitrogens with zero attached hydrogens (tertiary/aromatic N) is 1. The maximum absolute atomic E-state index is 11.7. The topological polar surface area (TPSA) is 50.7 Å². The van der Waals surface area contributed by atoms with Crippen LogP contribution >= 0.6 is 45.2 Å². The summed E-state index contributed by atoms with van der Waals surface area (Å²) >= 11 is 4.43. The van der Waals surface area contributed by atoms with Gasteiger partial charge in [-0.1, -0.05) is 12.2 Å². The Morgan fingerprint density at radius 1 is 1.45 bits per heavy atom. The van der Waals surface area contributed by atoms with E-state index in [2.05, 4.69) is 62.3 Å². The molecule has 4 nitrogen and oxygen atoms in total. The van der Waals surface area contributed by atoms with Gasteiger partial charge in [0.15, 0.2) is 0 Å². The molecule has 0 radical (unpaired) electrons. The fourth-order valence-corrected chi connectivity index (χ4v) is 4.19. The molecule has 2 rings (SSSR count). The number of halogens is 2. The van der Waals surface area contributed by atoms with Gasteiger partial charge < -0.3 is 4.74 Å². The number of amides is 1. The lowest BCUT2D eigenvalue weighted by Crippen LogP contribution is -2.32. The second kappa shape index (κ2) is 6.88. The lowest BCUT2D eigenvalue weighted by atomic mass is 9.81. The van der Waals surface area contributed by atoms with E-state index in [1.165, 1.54) is 0 Å². The molecule has 1 aliphatic carbocycles. The minimum absolute atomic E-state index is 0.0356. The van der Waals surface area contributed by atoms with Gasteiger partial charge in [0.2, 0.25) is 5.91 Å². The third kappa shape index (κ3) is 3.72. The SMILES string of the molecule is C=C1CC(C(=O)N/N=C\c2cc(I)c(OC)c(I)c2)C1. The van der Waals surface area contributed by atoms with Crippen LogP contribution in [0.4, 0.5) is 0 Å². The van der Waals surface area contributed by atoms with Crippen molar-refractivity contribution in [2.45, 2.75) is 12.8 Å². The lowest BCUT2D eigenvalue weighted by molar-refractivity contribution is -0.126. The fourth-order valence-electron chi connectivity index (χ4n) is 1.93. The van der Waals surface area contributed by atoms with Crippen molar-refractivity contribution in [3.63, 3.8) is 0 Å². The summed E-state index contributed by atoms with van der Waals surface area (Å²) in [6, 6.07) is 3.92. The van der Waals surface area contributed by atoms with Crippen molar-refractivity contribution < 1.29 is 9.53 Å². The maximum atomic E-state index is 11.7. The highest BCUT2D eigenvalue weighted by Gasteiger charge is 2.28. The number of carbonyl (C=O) groups is 1. The fraction of sp³-hybridized carbons (Fsp3) is 0.286. The van der Waals surface area contributed by atoms with Crippen molar-refractivity contribution in [1.29, 1.82) is 0 Å². The highest BCUT2D eigenvalue weighted by atomic mass is 127. The van der Waals surface area contributed by atoms with Crippen molar-refractivity contribution in [2.24, 2.45) is 11.0 Å². The zero-order valence-electron chi connectivity index (χ0n) is 11.0. The van der Waals surface area contributed by atoms with Crippen LogP contribution in [0.2, 0.25) is 0 Å². The Hall–Kier alpha value is -0.640. The highest BCUT2D eigenvalue weighted by molar-refractivity contribution is 14.1. The molecule has 0 atom stereocenters. The predicted molar refractivity (Wildman–Crippen MR) is 96.0 cm³/mol. The van der Waals surface area contributed by atoms with Crippen LogP contribution in [0.15, 0.2) is 29.4 Å². The number of benzene rings is 1. The molecule has 1 aliphatic rings. The van der Waals surface area contributed by atoms with Gasteiger partial charge in [0.25, 0.3) is 0 Å². The number of carbonyl (C=O) groups excluding carboxylic acids is 1. The van der Waals surface area contributed by atoms with E-state index in [1.807, 2.05) is 12.1 Å². The molecule has 0 aliphatic heterocycles. The zero-order chi connectivity index (χ0) is 14.7. The summed E-state index contributed by atoms with van der Waals surface area (Å²) in [7, 11) is 1.65. The molecule has 0 saturated heterocycles. The van der Waals surface area contributed by atoms with E-state index in [0.29, 0.717) is 0 Å². The van der Waals surface area contributed by atoms with Crippen LogP contribution in [0, 0.1) is 13.1 Å². The second-order valence-corrected chi connectivity index (χ2v) is 6.93. The van der Waals surface area contributed by atoms with Crippen LogP contribution in [0.25, 0.3) is 0 Å². The Morgan fingerprint density at radius 3 is 2.55 bits per heavy atom. The molecule has 0 spiro atoms. The molecule has 1 aromatic carbocycles. The summed E-state index contributed by atoms with van der Waals surface area (Å²) < 4.78 is 7.33. The summed E-state index contributed by atoms with van der Waals surface area (Å²) in [6.07, 6.45) is 3.20. The van der Waals surface area contributed by atoms with Gasteiger partial charge >= 0.3 is 0 Å². The van der Waals surface area contributed by atoms with Gasteiger partial charge in [0.1, 0.15) is 5.75 Å². The van der Waals surface area contributed by atoms with Crippen LogP contribution in [0.1, 0.15) is 18.4 Å². The molecule has 1 fully saturated rings. The second-order valence-electron chi connectivity index (χ2n) is 4.61. The van der Waals surface area contributed by atoms with Crippen LogP contribution in [-0.2, 0) is 4.79 Å². The number of rotatable bonds is 4. The highest BCUT2D eigenvalue weighted by Crippen LogP contribution is 2.31. The van der Waals surface area contributed by atoms with Gasteiger partial charge in [-0.05, 0) is 75.7 Å². The minimum Gasteiger partial charge on any atom is -0.495 e. The molecular weight excluding hydrogens is 482 g/mol. The molecular formula is C14H14I2N2O2. The number of ether oxygens (including phenoxy) is 1. The summed E-state index contributed by atoms with van der Waals surface area (Å²) in [5.41, 5.74) is 4.64. The van der Waals surface area contributed by atoms with E-state index >= 15 is 0 Å². The van der Waals surface area contributed by atoms with Gasteiger partial charge in [-0.25, -0.2) is 5.43 Å². The maximum Gasteiger partial charge on any atom is 0.243 e. The Kier molecular flexibility index (Phi) is 5.42. The molecule has 106 valence electrons. The number of hydrogen-bond acceptors (Lipinski definition) is 3. The molecule has 1 aromatic rings. The normalized spacial score (nSPS) is 15.2. The molecule has 0 bridgehead atoms. The van der Waals surface area contributed by atoms with Gasteiger partial charge in [0.05, 0.1) is 20.5 Å². The molecule has 1 N–H and O–H groups in total. The monoisotopic (exact) mass is 496 g/mol. The van der Waals surface area contributed by atoms with Crippen LogP contribution in [0.3, 0.4) is 0 Å². The standard InChI is InChI=1S/C14H14I2N2O2/c1-8-3-10(4-8)14(19)18-17-7-9-5-11(15)13(20-2)12(16)6-9/h5-7,10H,1,3-4H2,2H3,(H,18,19)/b17-7-. The summed E-state index contributed by atoms with van der Waals surface area (Å²) in [6.45, 7) is 3.82. The Bertz CT molecular complexity index is 554. The average molecular weight is 496 g/mol. The molecule has 1 amide bonds. The van der Waals surface area contributed by atoms with Crippen molar-refractivity contribution in [3.05, 3.63) is 37.0 Å². The first-order chi connectivity index (χ1) is 9.51. The molecule has 0 unspecified atom stereocenters. The van der Waals surface area contributed by atoms with Crippen molar-refractivity contribution in [2.75, 3.05) is 7.11 Å². The van der Waals surface area contributed by atoms with E-state index < -0.39 is 0 Å². The first-order valence-corrected chi connectivity index (χ1v) is 8.19. The molecule has 1 saturated carbocycles. The first kappa shape index (κ1) is 15.7. The van der Waals surface area contributed by atoms with Gasteiger partial charge in [-0.2, -0.15) is 5.10 Å². The van der Waals surface area contributed by atoms with Gasteiger partial charge in [-0.15, -0.1) is 0 Å². The summed E-state index contributed by atoms with van der Waals surface area (Å²) in [5, 5.41) is 4.01. The summed E-state index contributed by atoms with van der Waals surface area (Å²) in [4.78, 5) is 11.7. The van der Waals surface area contributed by atoms with E-state index in [0.717, 1.165) is 36.9 Å². The van der Waals surface area contributed by atoms with Crippen molar-refractivity contribution in [1.82, 2.24) is 5.43 Å². The minimum atomic E-state index is -0.0356. The molecule has 6 heteroatoms. The smallest absolute Gasteiger partial charge is 0.243 e. The number of hydrogen-bond donors (Lipinski definition) is 1. The Morgan fingerprint density at radius 2 is 2.05 bits per heavy atom. The van der Waals surface area contributed by atoms with Crippen molar-refractivity contribution in [3.8, 4) is 5.75 Å². The predicted octanol–water partition coefficient (Wildman–Crippen LogP) is 3.32.